The zero-order chi connectivity index (χ0) is 14.9. The molecule has 1 aromatic carbocycles. The van der Waals surface area contributed by atoms with Gasteiger partial charge < -0.3 is 14.6 Å². The van der Waals surface area contributed by atoms with E-state index in [-0.39, 0.29) is 11.9 Å². The number of hydrogen-bond donors (Lipinski definition) is 1. The molecule has 0 spiro atoms. The van der Waals surface area contributed by atoms with Crippen LogP contribution < -0.4 is 5.32 Å². The molecule has 22 heavy (non-hydrogen) atoms. The fourth-order valence-electron chi connectivity index (χ4n) is 3.63. The van der Waals surface area contributed by atoms with Crippen LogP contribution in [0.2, 0.25) is 0 Å². The number of fused-ring (bicyclic) bond motifs is 1. The molecule has 0 bridgehead atoms. The summed E-state index contributed by atoms with van der Waals surface area (Å²) in [6, 6.07) is 11.1. The molecule has 114 valence electrons. The molecule has 2 aliphatic rings. The monoisotopic (exact) mass is 296 g/mol. The molecule has 1 aromatic heterocycles. The standard InChI is InChI=1S/C18H20N2O2/c21-18-9-16(19-10-13-5-6-22-12-13)11-20(18)17-7-14-3-1-2-4-15(14)8-17/h1-6,12,16-17,19H,7-11H2/t16-/m0/s1. The van der Waals surface area contributed by atoms with Gasteiger partial charge in [-0.15, -0.1) is 0 Å². The zero-order valence-corrected chi connectivity index (χ0v) is 12.5. The van der Waals surface area contributed by atoms with E-state index in [1.54, 1.807) is 12.5 Å². The average molecular weight is 296 g/mol. The molecule has 1 fully saturated rings. The lowest BCUT2D eigenvalue weighted by atomic mass is 10.1. The van der Waals surface area contributed by atoms with Crippen LogP contribution in [0.15, 0.2) is 47.3 Å². The van der Waals surface area contributed by atoms with Gasteiger partial charge in [0.25, 0.3) is 0 Å². The van der Waals surface area contributed by atoms with E-state index in [1.165, 1.54) is 11.1 Å². The van der Waals surface area contributed by atoms with E-state index in [0.717, 1.165) is 31.5 Å². The predicted molar refractivity (Wildman–Crippen MR) is 83.3 cm³/mol. The van der Waals surface area contributed by atoms with Gasteiger partial charge in [-0.3, -0.25) is 4.79 Å². The number of benzene rings is 1. The first-order valence-electron chi connectivity index (χ1n) is 7.90. The number of carbonyl (C=O) groups excluding carboxylic acids is 1. The predicted octanol–water partition coefficient (Wildman–Crippen LogP) is 2.14. The molecule has 4 nitrogen and oxygen atoms in total. The summed E-state index contributed by atoms with van der Waals surface area (Å²) in [4.78, 5) is 14.4. The number of rotatable bonds is 4. The number of hydrogen-bond acceptors (Lipinski definition) is 3. The van der Waals surface area contributed by atoms with Gasteiger partial charge in [0.2, 0.25) is 5.91 Å². The highest BCUT2D eigenvalue weighted by Gasteiger charge is 2.36. The van der Waals surface area contributed by atoms with Gasteiger partial charge in [-0.2, -0.15) is 0 Å². The van der Waals surface area contributed by atoms with Crippen LogP contribution in [0.3, 0.4) is 0 Å². The molecule has 1 atom stereocenters. The van der Waals surface area contributed by atoms with Gasteiger partial charge in [0, 0.05) is 37.2 Å². The average Bonchev–Trinajstić information content (AvgIpc) is 3.24. The van der Waals surface area contributed by atoms with E-state index in [9.17, 15) is 4.79 Å². The Hall–Kier alpha value is -2.07. The molecule has 0 unspecified atom stereocenters. The molecule has 4 rings (SSSR count). The van der Waals surface area contributed by atoms with E-state index >= 15 is 0 Å². The lowest BCUT2D eigenvalue weighted by molar-refractivity contribution is -0.129. The second-order valence-electron chi connectivity index (χ2n) is 6.29. The molecule has 2 aromatic rings. The van der Waals surface area contributed by atoms with E-state index in [0.29, 0.717) is 12.5 Å². The molecule has 2 heterocycles. The molecule has 1 saturated heterocycles. The highest BCUT2D eigenvalue weighted by atomic mass is 16.3. The van der Waals surface area contributed by atoms with E-state index in [2.05, 4.69) is 34.5 Å². The lowest BCUT2D eigenvalue weighted by Crippen LogP contribution is -2.39. The first-order valence-corrected chi connectivity index (χ1v) is 7.90. The van der Waals surface area contributed by atoms with Crippen LogP contribution in [-0.2, 0) is 24.2 Å². The van der Waals surface area contributed by atoms with Crippen LogP contribution >= 0.6 is 0 Å². The van der Waals surface area contributed by atoms with E-state index < -0.39 is 0 Å². The van der Waals surface area contributed by atoms with Crippen LogP contribution in [0, 0.1) is 0 Å². The maximum absolute atomic E-state index is 12.4. The van der Waals surface area contributed by atoms with Crippen molar-refractivity contribution in [2.75, 3.05) is 6.54 Å². The van der Waals surface area contributed by atoms with Crippen LogP contribution in [0.4, 0.5) is 0 Å². The quantitative estimate of drug-likeness (QED) is 0.940. The summed E-state index contributed by atoms with van der Waals surface area (Å²) < 4.78 is 5.07. The second-order valence-corrected chi connectivity index (χ2v) is 6.29. The Balaban J connectivity index is 1.37. The Labute approximate surface area is 130 Å². The smallest absolute Gasteiger partial charge is 0.224 e. The third-order valence-corrected chi connectivity index (χ3v) is 4.80. The van der Waals surface area contributed by atoms with Gasteiger partial charge in [-0.05, 0) is 30.0 Å². The van der Waals surface area contributed by atoms with Gasteiger partial charge in [0.05, 0.1) is 12.5 Å². The summed E-state index contributed by atoms with van der Waals surface area (Å²) in [7, 11) is 0. The number of nitrogens with zero attached hydrogens (tertiary/aromatic N) is 1. The topological polar surface area (TPSA) is 45.5 Å². The molecular formula is C18H20N2O2. The van der Waals surface area contributed by atoms with Crippen LogP contribution in [0.1, 0.15) is 23.1 Å². The highest BCUT2D eigenvalue weighted by Crippen LogP contribution is 2.28. The molecule has 1 aliphatic heterocycles. The van der Waals surface area contributed by atoms with Crippen LogP contribution in [0.25, 0.3) is 0 Å². The van der Waals surface area contributed by atoms with Gasteiger partial charge in [-0.25, -0.2) is 0 Å². The maximum atomic E-state index is 12.4. The third kappa shape index (κ3) is 2.55. The van der Waals surface area contributed by atoms with Crippen molar-refractivity contribution in [2.24, 2.45) is 0 Å². The Kier molecular flexibility index (Phi) is 3.47. The fourth-order valence-corrected chi connectivity index (χ4v) is 3.63. The zero-order valence-electron chi connectivity index (χ0n) is 12.5. The van der Waals surface area contributed by atoms with Crippen LogP contribution in [0.5, 0.6) is 0 Å². The fraction of sp³-hybridized carbons (Fsp3) is 0.389. The van der Waals surface area contributed by atoms with E-state index in [1.807, 2.05) is 6.07 Å². The summed E-state index contributed by atoms with van der Waals surface area (Å²) >= 11 is 0. The number of carbonyl (C=O) groups is 1. The third-order valence-electron chi connectivity index (χ3n) is 4.80. The maximum Gasteiger partial charge on any atom is 0.224 e. The Morgan fingerprint density at radius 1 is 1.14 bits per heavy atom. The number of likely N-dealkylation sites (tertiary alicyclic amines) is 1. The second kappa shape index (κ2) is 5.61. The van der Waals surface area contributed by atoms with Gasteiger partial charge in [-0.1, -0.05) is 24.3 Å². The number of furan rings is 1. The van der Waals surface area contributed by atoms with Gasteiger partial charge in [0.1, 0.15) is 0 Å². The summed E-state index contributed by atoms with van der Waals surface area (Å²) in [6.45, 7) is 1.57. The molecule has 0 saturated carbocycles. The van der Waals surface area contributed by atoms with Crippen molar-refractivity contribution in [3.8, 4) is 0 Å². The number of amides is 1. The summed E-state index contributed by atoms with van der Waals surface area (Å²) in [5, 5.41) is 3.47. The molecule has 1 N–H and O–H groups in total. The van der Waals surface area contributed by atoms with Crippen molar-refractivity contribution in [1.82, 2.24) is 10.2 Å². The Morgan fingerprint density at radius 3 is 2.59 bits per heavy atom. The van der Waals surface area contributed by atoms with Crippen molar-refractivity contribution in [1.29, 1.82) is 0 Å². The van der Waals surface area contributed by atoms with Gasteiger partial charge in [0.15, 0.2) is 0 Å². The van der Waals surface area contributed by atoms with Crippen molar-refractivity contribution in [3.63, 3.8) is 0 Å². The normalized spacial score (nSPS) is 21.5. The van der Waals surface area contributed by atoms with E-state index in [4.69, 9.17) is 4.42 Å². The minimum absolute atomic E-state index is 0.242. The first-order chi connectivity index (χ1) is 10.8. The molecule has 4 heteroatoms. The number of nitrogens with one attached hydrogen (secondary N) is 1. The molecular weight excluding hydrogens is 276 g/mol. The van der Waals surface area contributed by atoms with Gasteiger partial charge >= 0.3 is 0 Å². The SMILES string of the molecule is O=C1C[C@H](NCc2ccoc2)CN1C1Cc2ccccc2C1. The highest BCUT2D eigenvalue weighted by molar-refractivity contribution is 5.79. The minimum Gasteiger partial charge on any atom is -0.472 e. The first kappa shape index (κ1) is 13.6. The summed E-state index contributed by atoms with van der Waals surface area (Å²) in [5.74, 6) is 0.280. The summed E-state index contributed by atoms with van der Waals surface area (Å²) in [5.41, 5.74) is 3.92. The summed E-state index contributed by atoms with van der Waals surface area (Å²) in [6.07, 6.45) is 6.02. The van der Waals surface area contributed by atoms with Crippen LogP contribution in [-0.4, -0.2) is 29.4 Å². The van der Waals surface area contributed by atoms with Crippen molar-refractivity contribution >= 4 is 5.91 Å². The Morgan fingerprint density at radius 2 is 1.91 bits per heavy atom. The van der Waals surface area contributed by atoms with Crippen molar-refractivity contribution < 1.29 is 9.21 Å². The minimum atomic E-state index is 0.242. The lowest BCUT2D eigenvalue weighted by Gasteiger charge is -2.24. The largest absolute Gasteiger partial charge is 0.472 e. The molecule has 1 amide bonds. The Bertz CT molecular complexity index is 640. The molecule has 1 aliphatic carbocycles. The van der Waals surface area contributed by atoms with Crippen molar-refractivity contribution in [3.05, 3.63) is 59.5 Å². The van der Waals surface area contributed by atoms with Crippen molar-refractivity contribution in [2.45, 2.75) is 37.9 Å². The molecule has 0 radical (unpaired) electrons.